The average molecular weight is 534 g/mol. The largest absolute Gasteiger partial charge is 0.325 e. The predicted molar refractivity (Wildman–Crippen MR) is 120 cm³/mol. The maximum absolute atomic E-state index is 12.6. The lowest BCUT2D eigenvalue weighted by molar-refractivity contribution is -0.128. The Balaban J connectivity index is 1.78. The van der Waals surface area contributed by atoms with Gasteiger partial charge >= 0.3 is 0 Å². The summed E-state index contributed by atoms with van der Waals surface area (Å²) in [5.74, 6) is -0.461. The molecule has 0 bridgehead atoms. The number of nitrogens with zero attached hydrogens (tertiary/aromatic N) is 2. The second-order valence-corrected chi connectivity index (χ2v) is 9.07. The molecule has 2 aromatic carbocycles. The Bertz CT molecular complexity index is 901. The van der Waals surface area contributed by atoms with Gasteiger partial charge in [0.2, 0.25) is 11.8 Å². The van der Waals surface area contributed by atoms with E-state index in [2.05, 4.69) is 32.9 Å². The highest BCUT2D eigenvalue weighted by Crippen LogP contribution is 2.30. The number of amides is 2. The van der Waals surface area contributed by atoms with Crippen molar-refractivity contribution >= 4 is 85.9 Å². The SMILES string of the molecule is CN1C(=O)CC(C(=O)Nc2cc(Cl)cc(Cl)c2)SC1=Nc1ccc(I)cc1. The van der Waals surface area contributed by atoms with Crippen molar-refractivity contribution in [3.8, 4) is 0 Å². The van der Waals surface area contributed by atoms with Gasteiger partial charge in [0.05, 0.1) is 5.69 Å². The average Bonchev–Trinajstić information content (AvgIpc) is 2.59. The van der Waals surface area contributed by atoms with Crippen LogP contribution < -0.4 is 5.32 Å². The number of hydrogen-bond acceptors (Lipinski definition) is 4. The molecule has 0 radical (unpaired) electrons. The van der Waals surface area contributed by atoms with E-state index in [-0.39, 0.29) is 18.2 Å². The van der Waals surface area contributed by atoms with Crippen LogP contribution in [-0.2, 0) is 9.59 Å². The summed E-state index contributed by atoms with van der Waals surface area (Å²) in [5.41, 5.74) is 1.21. The summed E-state index contributed by atoms with van der Waals surface area (Å²) in [6.07, 6.45) is 0.0903. The minimum absolute atomic E-state index is 0.0903. The van der Waals surface area contributed by atoms with Crippen LogP contribution in [-0.4, -0.2) is 34.2 Å². The van der Waals surface area contributed by atoms with E-state index in [0.29, 0.717) is 20.9 Å². The van der Waals surface area contributed by atoms with Gasteiger partial charge in [-0.2, -0.15) is 0 Å². The first-order valence-corrected chi connectivity index (χ1v) is 10.6. The lowest BCUT2D eigenvalue weighted by Gasteiger charge is -2.28. The van der Waals surface area contributed by atoms with Crippen LogP contribution in [0.4, 0.5) is 11.4 Å². The van der Waals surface area contributed by atoms with E-state index >= 15 is 0 Å². The molecule has 1 unspecified atom stereocenters. The van der Waals surface area contributed by atoms with E-state index < -0.39 is 5.25 Å². The number of thioether (sulfide) groups is 1. The Morgan fingerprint density at radius 2 is 1.85 bits per heavy atom. The van der Waals surface area contributed by atoms with Gasteiger partial charge in [0.1, 0.15) is 5.25 Å². The molecule has 140 valence electrons. The number of nitrogens with one attached hydrogen (secondary N) is 1. The number of amidine groups is 1. The van der Waals surface area contributed by atoms with Crippen LogP contribution in [0.5, 0.6) is 0 Å². The summed E-state index contributed by atoms with van der Waals surface area (Å²) in [6.45, 7) is 0. The summed E-state index contributed by atoms with van der Waals surface area (Å²) < 4.78 is 1.09. The molecule has 1 heterocycles. The maximum atomic E-state index is 12.6. The molecule has 1 atom stereocenters. The van der Waals surface area contributed by atoms with Crippen LogP contribution in [0, 0.1) is 3.57 Å². The van der Waals surface area contributed by atoms with E-state index in [0.717, 1.165) is 9.26 Å². The van der Waals surface area contributed by atoms with Crippen LogP contribution >= 0.6 is 57.6 Å². The molecule has 27 heavy (non-hydrogen) atoms. The van der Waals surface area contributed by atoms with Crippen molar-refractivity contribution in [2.45, 2.75) is 11.7 Å². The third-order valence-electron chi connectivity index (χ3n) is 3.74. The van der Waals surface area contributed by atoms with Crippen molar-refractivity contribution in [2.75, 3.05) is 12.4 Å². The Morgan fingerprint density at radius 1 is 1.22 bits per heavy atom. The molecule has 1 fully saturated rings. The number of carbonyl (C=O) groups is 2. The fourth-order valence-corrected chi connectivity index (χ4v) is 4.32. The molecule has 1 saturated heterocycles. The Morgan fingerprint density at radius 3 is 2.48 bits per heavy atom. The summed E-state index contributed by atoms with van der Waals surface area (Å²) >= 11 is 15.4. The van der Waals surface area contributed by atoms with Gasteiger partial charge in [-0.3, -0.25) is 14.5 Å². The molecule has 0 saturated carbocycles. The fraction of sp³-hybridized carbons (Fsp3) is 0.167. The van der Waals surface area contributed by atoms with E-state index in [1.54, 1.807) is 25.2 Å². The van der Waals surface area contributed by atoms with Gasteiger partial charge in [0.25, 0.3) is 0 Å². The number of benzene rings is 2. The number of rotatable bonds is 3. The number of halogens is 3. The van der Waals surface area contributed by atoms with Crippen LogP contribution in [0.3, 0.4) is 0 Å². The lowest BCUT2D eigenvalue weighted by Crippen LogP contribution is -2.43. The van der Waals surface area contributed by atoms with Crippen molar-refractivity contribution in [1.29, 1.82) is 0 Å². The zero-order valence-electron chi connectivity index (χ0n) is 14.1. The highest BCUT2D eigenvalue weighted by molar-refractivity contribution is 14.1. The standard InChI is InChI=1S/C18H14Cl2IN3O2S/c1-24-16(25)9-15(17(26)22-14-7-10(19)6-11(20)8-14)27-18(24)23-13-4-2-12(21)3-5-13/h2-8,15H,9H2,1H3,(H,22,26). The monoisotopic (exact) mass is 533 g/mol. The molecule has 3 rings (SSSR count). The van der Waals surface area contributed by atoms with Gasteiger partial charge in [0.15, 0.2) is 5.17 Å². The van der Waals surface area contributed by atoms with Crippen molar-refractivity contribution < 1.29 is 9.59 Å². The quantitative estimate of drug-likeness (QED) is 0.552. The number of anilines is 1. The summed E-state index contributed by atoms with van der Waals surface area (Å²) in [6, 6.07) is 12.4. The maximum Gasteiger partial charge on any atom is 0.238 e. The minimum Gasteiger partial charge on any atom is -0.325 e. The zero-order valence-corrected chi connectivity index (χ0v) is 18.6. The van der Waals surface area contributed by atoms with Crippen molar-refractivity contribution in [3.05, 3.63) is 56.1 Å². The highest BCUT2D eigenvalue weighted by atomic mass is 127. The molecule has 0 aromatic heterocycles. The highest BCUT2D eigenvalue weighted by Gasteiger charge is 2.34. The van der Waals surface area contributed by atoms with E-state index in [9.17, 15) is 9.59 Å². The lowest BCUT2D eigenvalue weighted by atomic mass is 10.2. The summed E-state index contributed by atoms with van der Waals surface area (Å²) in [7, 11) is 1.66. The molecular weight excluding hydrogens is 520 g/mol. The van der Waals surface area contributed by atoms with E-state index in [4.69, 9.17) is 23.2 Å². The Labute approximate surface area is 184 Å². The predicted octanol–water partition coefficient (Wildman–Crippen LogP) is 5.19. The third kappa shape index (κ3) is 5.37. The molecule has 2 amide bonds. The minimum atomic E-state index is -0.589. The van der Waals surface area contributed by atoms with Gasteiger partial charge in [-0.1, -0.05) is 35.0 Å². The molecule has 2 aromatic rings. The van der Waals surface area contributed by atoms with E-state index in [1.807, 2.05) is 24.3 Å². The van der Waals surface area contributed by atoms with Crippen LogP contribution in [0.15, 0.2) is 47.5 Å². The van der Waals surface area contributed by atoms with Gasteiger partial charge in [-0.25, -0.2) is 4.99 Å². The number of hydrogen-bond donors (Lipinski definition) is 1. The van der Waals surface area contributed by atoms with Gasteiger partial charge in [-0.15, -0.1) is 0 Å². The zero-order chi connectivity index (χ0) is 19.6. The van der Waals surface area contributed by atoms with Crippen LogP contribution in [0.25, 0.3) is 0 Å². The normalized spacial score (nSPS) is 18.7. The second kappa shape index (κ2) is 8.81. The Kier molecular flexibility index (Phi) is 6.67. The first-order chi connectivity index (χ1) is 12.8. The van der Waals surface area contributed by atoms with Crippen molar-refractivity contribution in [3.63, 3.8) is 0 Å². The first-order valence-electron chi connectivity index (χ1n) is 7.86. The fourth-order valence-electron chi connectivity index (χ4n) is 2.37. The molecule has 1 aliphatic heterocycles. The summed E-state index contributed by atoms with van der Waals surface area (Å²) in [4.78, 5) is 31.0. The van der Waals surface area contributed by atoms with Crippen LogP contribution in [0.2, 0.25) is 10.0 Å². The molecule has 0 spiro atoms. The Hall–Kier alpha value is -1.29. The molecule has 1 aliphatic rings. The van der Waals surface area contributed by atoms with Crippen molar-refractivity contribution in [1.82, 2.24) is 4.90 Å². The first kappa shape index (κ1) is 20.4. The van der Waals surface area contributed by atoms with Gasteiger partial charge in [-0.05, 0) is 65.1 Å². The second-order valence-electron chi connectivity index (χ2n) is 5.78. The molecule has 5 nitrogen and oxygen atoms in total. The van der Waals surface area contributed by atoms with Crippen LogP contribution in [0.1, 0.15) is 6.42 Å². The molecule has 0 aliphatic carbocycles. The topological polar surface area (TPSA) is 61.8 Å². The van der Waals surface area contributed by atoms with E-state index in [1.165, 1.54) is 16.7 Å². The summed E-state index contributed by atoms with van der Waals surface area (Å²) in [5, 5.41) is 3.50. The number of carbonyl (C=O) groups excluding carboxylic acids is 2. The van der Waals surface area contributed by atoms with Crippen molar-refractivity contribution in [2.24, 2.45) is 4.99 Å². The van der Waals surface area contributed by atoms with Gasteiger partial charge in [0, 0.05) is 32.8 Å². The smallest absolute Gasteiger partial charge is 0.238 e. The molecular formula is C18H14Cl2IN3O2S. The molecule has 1 N–H and O–H groups in total. The van der Waals surface area contributed by atoms with Gasteiger partial charge < -0.3 is 5.32 Å². The molecule has 9 heteroatoms. The third-order valence-corrected chi connectivity index (χ3v) is 6.14. The number of aliphatic imine (C=N–C) groups is 1.